The van der Waals surface area contributed by atoms with Crippen LogP contribution in [0.3, 0.4) is 0 Å². The molecule has 8 heteroatoms. The SMILES string of the molecule is C[C@@H]1CN(S(=O)(=O)N[C@H]2CC(C)(C)OC2=O)C[C@H](C)O1. The third-order valence-corrected chi connectivity index (χ3v) is 4.93. The van der Waals surface area contributed by atoms with Gasteiger partial charge in [0.2, 0.25) is 0 Å². The van der Waals surface area contributed by atoms with Gasteiger partial charge < -0.3 is 9.47 Å². The molecule has 0 aromatic heterocycles. The van der Waals surface area contributed by atoms with Crippen molar-refractivity contribution >= 4 is 16.2 Å². The predicted molar refractivity (Wildman–Crippen MR) is 72.2 cm³/mol. The number of hydrogen-bond donors (Lipinski definition) is 1. The Hall–Kier alpha value is -0.700. The molecule has 2 heterocycles. The summed E-state index contributed by atoms with van der Waals surface area (Å²) in [5.74, 6) is -0.520. The van der Waals surface area contributed by atoms with Crippen LogP contribution in [0.2, 0.25) is 0 Å². The second-order valence-corrected chi connectivity index (χ2v) is 7.84. The molecule has 2 aliphatic rings. The van der Waals surface area contributed by atoms with Gasteiger partial charge in [-0.2, -0.15) is 17.4 Å². The maximum absolute atomic E-state index is 12.3. The third kappa shape index (κ3) is 3.49. The van der Waals surface area contributed by atoms with Gasteiger partial charge in [-0.3, -0.25) is 4.79 Å². The van der Waals surface area contributed by atoms with Crippen molar-refractivity contribution in [2.24, 2.45) is 0 Å². The van der Waals surface area contributed by atoms with E-state index in [0.29, 0.717) is 6.42 Å². The van der Waals surface area contributed by atoms with Crippen molar-refractivity contribution in [2.45, 2.75) is 58.0 Å². The Morgan fingerprint density at radius 2 is 1.80 bits per heavy atom. The molecule has 0 saturated carbocycles. The number of esters is 1. The topological polar surface area (TPSA) is 84.9 Å². The lowest BCUT2D eigenvalue weighted by Gasteiger charge is -2.34. The molecule has 116 valence electrons. The van der Waals surface area contributed by atoms with Gasteiger partial charge in [0.1, 0.15) is 11.6 Å². The fourth-order valence-corrected chi connectivity index (χ4v) is 4.13. The number of nitrogens with one attached hydrogen (secondary N) is 1. The molecule has 0 bridgehead atoms. The average Bonchev–Trinajstić information content (AvgIpc) is 2.49. The first-order valence-corrected chi connectivity index (χ1v) is 8.19. The number of ether oxygens (including phenoxy) is 2. The Labute approximate surface area is 119 Å². The molecule has 2 saturated heterocycles. The van der Waals surface area contributed by atoms with Gasteiger partial charge in [-0.1, -0.05) is 0 Å². The van der Waals surface area contributed by atoms with Crippen molar-refractivity contribution in [2.75, 3.05) is 13.1 Å². The van der Waals surface area contributed by atoms with Crippen LogP contribution in [0.4, 0.5) is 0 Å². The van der Waals surface area contributed by atoms with Crippen LogP contribution in [0, 0.1) is 0 Å². The van der Waals surface area contributed by atoms with Crippen LogP contribution in [0.25, 0.3) is 0 Å². The largest absolute Gasteiger partial charge is 0.458 e. The zero-order valence-corrected chi connectivity index (χ0v) is 13.1. The van der Waals surface area contributed by atoms with Crippen molar-refractivity contribution in [1.29, 1.82) is 0 Å². The lowest BCUT2D eigenvalue weighted by Crippen LogP contribution is -2.54. The fourth-order valence-electron chi connectivity index (χ4n) is 2.63. The molecule has 0 spiro atoms. The summed E-state index contributed by atoms with van der Waals surface area (Å²) in [6.07, 6.45) is 0.00476. The summed E-state index contributed by atoms with van der Waals surface area (Å²) in [5.41, 5.74) is -0.629. The van der Waals surface area contributed by atoms with Gasteiger partial charge in [0.25, 0.3) is 10.2 Å². The van der Waals surface area contributed by atoms with Gasteiger partial charge >= 0.3 is 5.97 Å². The molecular formula is C12H22N2O5S. The third-order valence-electron chi connectivity index (χ3n) is 3.37. The summed E-state index contributed by atoms with van der Waals surface area (Å²) in [7, 11) is -3.71. The fraction of sp³-hybridized carbons (Fsp3) is 0.917. The average molecular weight is 306 g/mol. The molecular weight excluding hydrogens is 284 g/mol. The number of cyclic esters (lactones) is 1. The normalized spacial score (nSPS) is 35.0. The Morgan fingerprint density at radius 3 is 2.25 bits per heavy atom. The minimum atomic E-state index is -3.71. The number of hydrogen-bond acceptors (Lipinski definition) is 5. The molecule has 2 rings (SSSR count). The molecule has 20 heavy (non-hydrogen) atoms. The molecule has 2 aliphatic heterocycles. The van der Waals surface area contributed by atoms with Crippen LogP contribution in [0.15, 0.2) is 0 Å². The minimum Gasteiger partial charge on any atom is -0.458 e. The second-order valence-electron chi connectivity index (χ2n) is 6.13. The van der Waals surface area contributed by atoms with Gasteiger partial charge in [0, 0.05) is 19.5 Å². The highest BCUT2D eigenvalue weighted by molar-refractivity contribution is 7.87. The maximum atomic E-state index is 12.3. The van der Waals surface area contributed by atoms with E-state index in [0.717, 1.165) is 0 Å². The molecule has 0 aromatic carbocycles. The van der Waals surface area contributed by atoms with Crippen LogP contribution in [-0.2, 0) is 24.5 Å². The van der Waals surface area contributed by atoms with E-state index >= 15 is 0 Å². The standard InChI is InChI=1S/C12H22N2O5S/c1-8-6-14(7-9(2)18-8)20(16,17)13-10-5-12(3,4)19-11(10)15/h8-10,13H,5-7H2,1-4H3/t8-,9+,10-/m0/s1. The first-order chi connectivity index (χ1) is 9.09. The van der Waals surface area contributed by atoms with Gasteiger partial charge in [-0.05, 0) is 27.7 Å². The van der Waals surface area contributed by atoms with E-state index in [9.17, 15) is 13.2 Å². The number of nitrogens with zero attached hydrogens (tertiary/aromatic N) is 1. The molecule has 0 unspecified atom stereocenters. The zero-order chi connectivity index (χ0) is 15.1. The first kappa shape index (κ1) is 15.7. The molecule has 3 atom stereocenters. The molecule has 0 aromatic rings. The van der Waals surface area contributed by atoms with Crippen molar-refractivity contribution in [1.82, 2.24) is 9.03 Å². The quantitative estimate of drug-likeness (QED) is 0.743. The summed E-state index contributed by atoms with van der Waals surface area (Å²) < 4.78 is 39.1. The molecule has 0 aliphatic carbocycles. The van der Waals surface area contributed by atoms with Gasteiger partial charge in [0.15, 0.2) is 0 Å². The number of carbonyl (C=O) groups excluding carboxylic acids is 1. The highest BCUT2D eigenvalue weighted by atomic mass is 32.2. The van der Waals surface area contributed by atoms with Crippen LogP contribution >= 0.6 is 0 Å². The predicted octanol–water partition coefficient (Wildman–Crippen LogP) is 0.0241. The highest BCUT2D eigenvalue weighted by Gasteiger charge is 2.43. The number of carbonyl (C=O) groups is 1. The van der Waals surface area contributed by atoms with E-state index in [1.807, 2.05) is 13.8 Å². The first-order valence-electron chi connectivity index (χ1n) is 6.75. The zero-order valence-electron chi connectivity index (χ0n) is 12.3. The Kier molecular flexibility index (Phi) is 4.12. The smallest absolute Gasteiger partial charge is 0.324 e. The Morgan fingerprint density at radius 1 is 1.25 bits per heavy atom. The van der Waals surface area contributed by atoms with E-state index in [1.54, 1.807) is 13.8 Å². The van der Waals surface area contributed by atoms with Gasteiger partial charge in [0.05, 0.1) is 12.2 Å². The number of morpholine rings is 1. The van der Waals surface area contributed by atoms with E-state index in [4.69, 9.17) is 9.47 Å². The highest BCUT2D eigenvalue weighted by Crippen LogP contribution is 2.26. The van der Waals surface area contributed by atoms with Crippen molar-refractivity contribution in [3.8, 4) is 0 Å². The molecule has 0 amide bonds. The van der Waals surface area contributed by atoms with Crippen LogP contribution in [0.1, 0.15) is 34.1 Å². The summed E-state index contributed by atoms with van der Waals surface area (Å²) in [5, 5.41) is 0. The lowest BCUT2D eigenvalue weighted by atomic mass is 10.0. The summed E-state index contributed by atoms with van der Waals surface area (Å²) in [6, 6.07) is -0.816. The molecule has 7 nitrogen and oxygen atoms in total. The number of rotatable bonds is 3. The second kappa shape index (κ2) is 5.25. The lowest BCUT2D eigenvalue weighted by molar-refractivity contribution is -0.147. The van der Waals surface area contributed by atoms with Crippen LogP contribution in [-0.4, -0.2) is 55.6 Å². The minimum absolute atomic E-state index is 0.165. The summed E-state index contributed by atoms with van der Waals surface area (Å²) >= 11 is 0. The molecule has 1 N–H and O–H groups in total. The molecule has 0 radical (unpaired) electrons. The summed E-state index contributed by atoms with van der Waals surface area (Å²) in [4.78, 5) is 11.7. The van der Waals surface area contributed by atoms with E-state index in [1.165, 1.54) is 4.31 Å². The Bertz CT molecular complexity index is 480. The van der Waals surface area contributed by atoms with Gasteiger partial charge in [-0.25, -0.2) is 0 Å². The maximum Gasteiger partial charge on any atom is 0.324 e. The molecule has 2 fully saturated rings. The summed E-state index contributed by atoms with van der Waals surface area (Å²) in [6.45, 7) is 7.74. The van der Waals surface area contributed by atoms with Crippen molar-refractivity contribution in [3.05, 3.63) is 0 Å². The van der Waals surface area contributed by atoms with Crippen LogP contribution in [0.5, 0.6) is 0 Å². The van der Waals surface area contributed by atoms with E-state index in [-0.39, 0.29) is 25.3 Å². The van der Waals surface area contributed by atoms with Crippen molar-refractivity contribution < 1.29 is 22.7 Å². The van der Waals surface area contributed by atoms with E-state index in [2.05, 4.69) is 4.72 Å². The Balaban J connectivity index is 2.06. The van der Waals surface area contributed by atoms with Crippen LogP contribution < -0.4 is 4.72 Å². The monoisotopic (exact) mass is 306 g/mol. The van der Waals surface area contributed by atoms with Gasteiger partial charge in [-0.15, -0.1) is 0 Å². The van der Waals surface area contributed by atoms with E-state index < -0.39 is 27.8 Å². The van der Waals surface area contributed by atoms with Crippen molar-refractivity contribution in [3.63, 3.8) is 0 Å².